The van der Waals surface area contributed by atoms with Crippen molar-refractivity contribution in [2.45, 2.75) is 12.8 Å². The molecule has 0 aliphatic carbocycles. The number of carboxylic acids is 1. The van der Waals surface area contributed by atoms with E-state index in [2.05, 4.69) is 4.98 Å². The normalized spacial score (nSPS) is 11.7. The number of pyridine rings is 1. The molecular formula is C15H14N2O4. The Morgan fingerprint density at radius 2 is 1.86 bits per heavy atom. The summed E-state index contributed by atoms with van der Waals surface area (Å²) >= 11 is 0. The summed E-state index contributed by atoms with van der Waals surface area (Å²) in [6, 6.07) is 9.74. The van der Waals surface area contributed by atoms with E-state index in [1.807, 2.05) is 0 Å². The van der Waals surface area contributed by atoms with Crippen molar-refractivity contribution in [1.82, 2.24) is 4.98 Å². The van der Waals surface area contributed by atoms with E-state index in [1.165, 1.54) is 12.3 Å². The predicted octanol–water partition coefficient (Wildman–Crippen LogP) is 2.16. The maximum absolute atomic E-state index is 11.0. The van der Waals surface area contributed by atoms with Crippen LogP contribution in [-0.2, 0) is 4.79 Å². The minimum Gasteiger partial charge on any atom is -0.481 e. The molecule has 0 radical (unpaired) electrons. The fourth-order valence-electron chi connectivity index (χ4n) is 1.71. The van der Waals surface area contributed by atoms with Crippen LogP contribution in [0.15, 0.2) is 42.6 Å². The molecule has 6 nitrogen and oxygen atoms in total. The minimum absolute atomic E-state index is 0.114. The first-order valence-corrected chi connectivity index (χ1v) is 6.24. The molecule has 1 unspecified atom stereocenters. The monoisotopic (exact) mass is 286 g/mol. The molecule has 1 amide bonds. The van der Waals surface area contributed by atoms with Crippen LogP contribution in [-0.4, -0.2) is 22.0 Å². The van der Waals surface area contributed by atoms with Gasteiger partial charge in [-0.05, 0) is 30.7 Å². The molecule has 3 N–H and O–H groups in total. The zero-order chi connectivity index (χ0) is 15.4. The van der Waals surface area contributed by atoms with Crippen molar-refractivity contribution in [2.24, 2.45) is 5.73 Å². The average molecular weight is 286 g/mol. The molecule has 1 aromatic carbocycles. The number of carbonyl (C=O) groups is 2. The molecule has 6 heteroatoms. The van der Waals surface area contributed by atoms with Crippen LogP contribution in [0.3, 0.4) is 0 Å². The molecule has 1 aromatic heterocycles. The summed E-state index contributed by atoms with van der Waals surface area (Å²) in [5.74, 6) is -1.15. The molecule has 0 bridgehead atoms. The van der Waals surface area contributed by atoms with Crippen LogP contribution < -0.4 is 10.5 Å². The van der Waals surface area contributed by atoms with Crippen molar-refractivity contribution in [2.75, 3.05) is 0 Å². The number of aromatic nitrogens is 1. The molecule has 0 aliphatic heterocycles. The molecule has 0 saturated carbocycles. The van der Waals surface area contributed by atoms with Crippen LogP contribution in [0.5, 0.6) is 11.5 Å². The number of nitrogens with two attached hydrogens (primary N) is 1. The minimum atomic E-state index is -0.885. The molecule has 1 atom stereocenters. The first kappa shape index (κ1) is 14.5. The Kier molecular flexibility index (Phi) is 4.18. The predicted molar refractivity (Wildman–Crippen MR) is 75.3 cm³/mol. The van der Waals surface area contributed by atoms with Gasteiger partial charge in [-0.25, -0.2) is 0 Å². The largest absolute Gasteiger partial charge is 0.481 e. The van der Waals surface area contributed by atoms with Crippen LogP contribution in [0.2, 0.25) is 0 Å². The number of carboxylic acid groups (broad SMARTS) is 1. The lowest BCUT2D eigenvalue weighted by Gasteiger charge is -2.09. The Balaban J connectivity index is 2.15. The Morgan fingerprint density at radius 1 is 1.19 bits per heavy atom. The molecular weight excluding hydrogens is 272 g/mol. The number of ether oxygens (including phenoxy) is 1. The number of benzene rings is 1. The Labute approximate surface area is 121 Å². The van der Waals surface area contributed by atoms with E-state index in [1.54, 1.807) is 37.3 Å². The number of aliphatic carboxylic acids is 1. The van der Waals surface area contributed by atoms with E-state index in [9.17, 15) is 9.59 Å². The summed E-state index contributed by atoms with van der Waals surface area (Å²) in [6.07, 6.45) is 1.43. The lowest BCUT2D eigenvalue weighted by Crippen LogP contribution is -2.12. The molecule has 1 heterocycles. The fourth-order valence-corrected chi connectivity index (χ4v) is 1.71. The van der Waals surface area contributed by atoms with Gasteiger partial charge in [-0.3, -0.25) is 14.6 Å². The van der Waals surface area contributed by atoms with E-state index in [0.717, 1.165) is 0 Å². The van der Waals surface area contributed by atoms with Gasteiger partial charge in [0.1, 0.15) is 17.2 Å². The molecule has 0 spiro atoms. The summed E-state index contributed by atoms with van der Waals surface area (Å²) < 4.78 is 5.57. The highest BCUT2D eigenvalue weighted by Crippen LogP contribution is 2.24. The van der Waals surface area contributed by atoms with E-state index in [-0.39, 0.29) is 5.69 Å². The van der Waals surface area contributed by atoms with Crippen molar-refractivity contribution in [3.8, 4) is 11.5 Å². The number of primary amides is 1. The number of carbonyl (C=O) groups excluding carboxylic acids is 1. The van der Waals surface area contributed by atoms with Crippen LogP contribution in [0.1, 0.15) is 28.9 Å². The molecule has 0 aliphatic rings. The summed E-state index contributed by atoms with van der Waals surface area (Å²) in [7, 11) is 0. The van der Waals surface area contributed by atoms with Gasteiger partial charge in [-0.15, -0.1) is 0 Å². The average Bonchev–Trinajstić information content (AvgIpc) is 2.47. The Morgan fingerprint density at radius 3 is 2.43 bits per heavy atom. The van der Waals surface area contributed by atoms with Gasteiger partial charge < -0.3 is 15.6 Å². The van der Waals surface area contributed by atoms with Gasteiger partial charge in [0.2, 0.25) is 0 Å². The quantitative estimate of drug-likeness (QED) is 0.876. The van der Waals surface area contributed by atoms with Crippen molar-refractivity contribution in [3.63, 3.8) is 0 Å². The summed E-state index contributed by atoms with van der Waals surface area (Å²) in [6.45, 7) is 1.61. The maximum atomic E-state index is 11.0. The van der Waals surface area contributed by atoms with Crippen molar-refractivity contribution < 1.29 is 19.4 Å². The lowest BCUT2D eigenvalue weighted by molar-refractivity contribution is -0.138. The van der Waals surface area contributed by atoms with Crippen LogP contribution >= 0.6 is 0 Å². The van der Waals surface area contributed by atoms with Crippen molar-refractivity contribution >= 4 is 11.9 Å². The fraction of sp³-hybridized carbons (Fsp3) is 0.133. The number of nitrogens with zero attached hydrogens (tertiary/aromatic N) is 1. The topological polar surface area (TPSA) is 103 Å². The van der Waals surface area contributed by atoms with E-state index < -0.39 is 17.8 Å². The zero-order valence-corrected chi connectivity index (χ0v) is 11.3. The van der Waals surface area contributed by atoms with Crippen molar-refractivity contribution in [1.29, 1.82) is 0 Å². The summed E-state index contributed by atoms with van der Waals surface area (Å²) in [5, 5.41) is 8.94. The third-order valence-electron chi connectivity index (χ3n) is 2.97. The third-order valence-corrected chi connectivity index (χ3v) is 2.97. The highest BCUT2D eigenvalue weighted by atomic mass is 16.5. The second kappa shape index (κ2) is 6.04. The smallest absolute Gasteiger partial charge is 0.310 e. The highest BCUT2D eigenvalue weighted by Gasteiger charge is 2.13. The van der Waals surface area contributed by atoms with E-state index in [4.69, 9.17) is 15.6 Å². The summed E-state index contributed by atoms with van der Waals surface area (Å²) in [4.78, 5) is 25.8. The first-order valence-electron chi connectivity index (χ1n) is 6.24. The number of rotatable bonds is 5. The van der Waals surface area contributed by atoms with Gasteiger partial charge in [0, 0.05) is 12.3 Å². The molecule has 2 aromatic rings. The Hall–Kier alpha value is -2.89. The second-order valence-corrected chi connectivity index (χ2v) is 4.47. The molecule has 0 fully saturated rings. The second-order valence-electron chi connectivity index (χ2n) is 4.47. The van der Waals surface area contributed by atoms with Gasteiger partial charge >= 0.3 is 5.97 Å². The molecule has 2 rings (SSSR count). The molecule has 108 valence electrons. The molecule has 0 saturated heterocycles. The number of hydrogen-bond acceptors (Lipinski definition) is 4. The van der Waals surface area contributed by atoms with Gasteiger partial charge in [-0.1, -0.05) is 12.1 Å². The standard InChI is InChI=1S/C15H14N2O4/c1-9(15(19)20)10-2-4-11(5-3-10)21-12-6-7-17-13(8-12)14(16)18/h2-9H,1H3,(H2,16,18)(H,19,20). The Bertz CT molecular complexity index is 668. The summed E-state index contributed by atoms with van der Waals surface area (Å²) in [5.41, 5.74) is 5.94. The third kappa shape index (κ3) is 3.56. The zero-order valence-electron chi connectivity index (χ0n) is 11.3. The first-order chi connectivity index (χ1) is 9.97. The van der Waals surface area contributed by atoms with Gasteiger partial charge in [-0.2, -0.15) is 0 Å². The van der Waals surface area contributed by atoms with Crippen LogP contribution in [0.4, 0.5) is 0 Å². The SMILES string of the molecule is CC(C(=O)O)c1ccc(Oc2ccnc(C(N)=O)c2)cc1. The number of hydrogen-bond donors (Lipinski definition) is 2. The molecule has 21 heavy (non-hydrogen) atoms. The van der Waals surface area contributed by atoms with E-state index >= 15 is 0 Å². The number of amides is 1. The highest BCUT2D eigenvalue weighted by molar-refractivity contribution is 5.91. The van der Waals surface area contributed by atoms with Crippen LogP contribution in [0, 0.1) is 0 Å². The van der Waals surface area contributed by atoms with Gasteiger partial charge in [0.15, 0.2) is 0 Å². The van der Waals surface area contributed by atoms with E-state index in [0.29, 0.717) is 17.1 Å². The maximum Gasteiger partial charge on any atom is 0.310 e. The lowest BCUT2D eigenvalue weighted by atomic mass is 10.0. The van der Waals surface area contributed by atoms with Gasteiger partial charge in [0.05, 0.1) is 5.92 Å². The van der Waals surface area contributed by atoms with Crippen molar-refractivity contribution in [3.05, 3.63) is 53.9 Å². The van der Waals surface area contributed by atoms with Gasteiger partial charge in [0.25, 0.3) is 5.91 Å². The van der Waals surface area contributed by atoms with Crippen LogP contribution in [0.25, 0.3) is 0 Å².